The lowest BCUT2D eigenvalue weighted by molar-refractivity contribution is 0.361. The molecule has 2 aliphatic carbocycles. The van der Waals surface area contributed by atoms with Crippen molar-refractivity contribution in [2.75, 3.05) is 18.0 Å². The third-order valence-corrected chi connectivity index (χ3v) is 4.53. The molecule has 0 aliphatic heterocycles. The third-order valence-electron chi connectivity index (χ3n) is 4.53. The molecule has 21 heavy (non-hydrogen) atoms. The van der Waals surface area contributed by atoms with Crippen molar-refractivity contribution in [1.82, 2.24) is 5.32 Å². The van der Waals surface area contributed by atoms with Gasteiger partial charge >= 0.3 is 0 Å². The van der Waals surface area contributed by atoms with E-state index < -0.39 is 5.54 Å². The van der Waals surface area contributed by atoms with Gasteiger partial charge in [0, 0.05) is 24.8 Å². The van der Waals surface area contributed by atoms with Gasteiger partial charge in [0.1, 0.15) is 11.4 Å². The lowest BCUT2D eigenvalue weighted by atomic mass is 9.93. The van der Waals surface area contributed by atoms with Crippen molar-refractivity contribution < 1.29 is 4.39 Å². The Balaban J connectivity index is 1.79. The largest absolute Gasteiger partial charge is 0.369 e. The van der Waals surface area contributed by atoms with Crippen molar-refractivity contribution in [3.8, 4) is 6.07 Å². The minimum atomic E-state index is -0.453. The average Bonchev–Trinajstić information content (AvgIpc) is 3.38. The molecule has 3 nitrogen and oxygen atoms in total. The molecule has 2 aliphatic rings. The molecular weight excluding hydrogens is 265 g/mol. The molecule has 0 saturated heterocycles. The topological polar surface area (TPSA) is 39.1 Å². The highest BCUT2D eigenvalue weighted by Gasteiger charge is 2.49. The van der Waals surface area contributed by atoms with Gasteiger partial charge in [0.2, 0.25) is 0 Å². The van der Waals surface area contributed by atoms with E-state index in [0.29, 0.717) is 18.5 Å². The van der Waals surface area contributed by atoms with Crippen LogP contribution in [0.2, 0.25) is 0 Å². The molecular formula is C17H22FN3. The van der Waals surface area contributed by atoms with Gasteiger partial charge < -0.3 is 4.90 Å². The number of rotatable bonds is 7. The Morgan fingerprint density at radius 3 is 2.43 bits per heavy atom. The molecule has 0 spiro atoms. The minimum Gasteiger partial charge on any atom is -0.369 e. The number of likely N-dealkylation sites (N-methyl/N-ethyl adjacent to an activating group) is 1. The second-order valence-electron chi connectivity index (χ2n) is 6.27. The Morgan fingerprint density at radius 1 is 1.29 bits per heavy atom. The first-order valence-corrected chi connectivity index (χ1v) is 7.86. The highest BCUT2D eigenvalue weighted by molar-refractivity contribution is 5.47. The molecule has 1 N–H and O–H groups in total. The van der Waals surface area contributed by atoms with Crippen LogP contribution in [0, 0.1) is 23.1 Å². The van der Waals surface area contributed by atoms with Crippen LogP contribution in [0.5, 0.6) is 0 Å². The summed E-state index contributed by atoms with van der Waals surface area (Å²) >= 11 is 0. The first kappa shape index (κ1) is 14.3. The van der Waals surface area contributed by atoms with Crippen LogP contribution >= 0.6 is 0 Å². The van der Waals surface area contributed by atoms with Crippen molar-refractivity contribution in [1.29, 1.82) is 5.26 Å². The molecule has 2 fully saturated rings. The van der Waals surface area contributed by atoms with Crippen molar-refractivity contribution in [2.24, 2.45) is 5.92 Å². The molecule has 0 amide bonds. The second kappa shape index (κ2) is 5.65. The van der Waals surface area contributed by atoms with Gasteiger partial charge in [-0.3, -0.25) is 5.32 Å². The summed E-state index contributed by atoms with van der Waals surface area (Å²) in [6.45, 7) is 3.57. The molecule has 1 aromatic carbocycles. The van der Waals surface area contributed by atoms with Crippen LogP contribution < -0.4 is 10.2 Å². The molecule has 1 unspecified atom stereocenters. The van der Waals surface area contributed by atoms with E-state index in [1.165, 1.54) is 25.0 Å². The van der Waals surface area contributed by atoms with Crippen LogP contribution in [0.1, 0.15) is 32.6 Å². The van der Waals surface area contributed by atoms with E-state index in [4.69, 9.17) is 0 Å². The summed E-state index contributed by atoms with van der Waals surface area (Å²) in [7, 11) is 0. The highest BCUT2D eigenvalue weighted by Crippen LogP contribution is 2.42. The maximum atomic E-state index is 13.1. The van der Waals surface area contributed by atoms with Gasteiger partial charge in [0.15, 0.2) is 0 Å². The van der Waals surface area contributed by atoms with E-state index in [2.05, 4.69) is 23.2 Å². The van der Waals surface area contributed by atoms with Crippen molar-refractivity contribution in [3.63, 3.8) is 0 Å². The zero-order valence-electron chi connectivity index (χ0n) is 12.5. The minimum absolute atomic E-state index is 0.223. The summed E-state index contributed by atoms with van der Waals surface area (Å²) in [6, 6.07) is 9.64. The van der Waals surface area contributed by atoms with Gasteiger partial charge in [-0.2, -0.15) is 5.26 Å². The van der Waals surface area contributed by atoms with Crippen LogP contribution in [0.15, 0.2) is 24.3 Å². The first-order valence-electron chi connectivity index (χ1n) is 7.86. The SMILES string of the molecule is CCN(CC(C#N)(NC1CC1)C1CC1)c1ccc(F)cc1. The first-order chi connectivity index (χ1) is 10.2. The highest BCUT2D eigenvalue weighted by atomic mass is 19.1. The van der Waals surface area contributed by atoms with E-state index in [1.807, 2.05) is 0 Å². The Hall–Kier alpha value is -1.60. The van der Waals surface area contributed by atoms with Gasteiger partial charge in [-0.25, -0.2) is 4.39 Å². The second-order valence-corrected chi connectivity index (χ2v) is 6.27. The molecule has 0 radical (unpaired) electrons. The van der Waals surface area contributed by atoms with E-state index in [-0.39, 0.29) is 5.82 Å². The average molecular weight is 287 g/mol. The predicted octanol–water partition coefficient (Wildman–Crippen LogP) is 3.08. The number of hydrogen-bond acceptors (Lipinski definition) is 3. The molecule has 1 atom stereocenters. The lowest BCUT2D eigenvalue weighted by Crippen LogP contribution is -2.55. The van der Waals surface area contributed by atoms with Gasteiger partial charge in [0.05, 0.1) is 6.07 Å². The molecule has 4 heteroatoms. The predicted molar refractivity (Wildman–Crippen MR) is 81.5 cm³/mol. The van der Waals surface area contributed by atoms with Crippen LogP contribution in [0.3, 0.4) is 0 Å². The van der Waals surface area contributed by atoms with Crippen LogP contribution in [-0.4, -0.2) is 24.7 Å². The molecule has 0 aromatic heterocycles. The number of nitrogens with one attached hydrogen (secondary N) is 1. The summed E-state index contributed by atoms with van der Waals surface area (Å²) < 4.78 is 13.1. The summed E-state index contributed by atoms with van der Waals surface area (Å²) in [5, 5.41) is 13.4. The number of nitrogens with zero attached hydrogens (tertiary/aromatic N) is 2. The number of anilines is 1. The lowest BCUT2D eigenvalue weighted by Gasteiger charge is -2.35. The zero-order valence-corrected chi connectivity index (χ0v) is 12.5. The summed E-state index contributed by atoms with van der Waals surface area (Å²) in [4.78, 5) is 2.18. The van der Waals surface area contributed by atoms with Crippen LogP contribution in [0.25, 0.3) is 0 Å². The summed E-state index contributed by atoms with van der Waals surface area (Å²) in [6.07, 6.45) is 4.63. The Bertz CT molecular complexity index is 528. The zero-order chi connectivity index (χ0) is 14.9. The molecule has 0 bridgehead atoms. The molecule has 1 aromatic rings. The van der Waals surface area contributed by atoms with Crippen molar-refractivity contribution in [2.45, 2.75) is 44.2 Å². The fraction of sp³-hybridized carbons (Fsp3) is 0.588. The summed E-state index contributed by atoms with van der Waals surface area (Å²) in [5.41, 5.74) is 0.530. The summed E-state index contributed by atoms with van der Waals surface area (Å²) in [5.74, 6) is 0.234. The fourth-order valence-electron chi connectivity index (χ4n) is 2.96. The number of benzene rings is 1. The maximum absolute atomic E-state index is 13.1. The van der Waals surface area contributed by atoms with Gasteiger partial charge in [-0.05, 0) is 62.8 Å². The van der Waals surface area contributed by atoms with Gasteiger partial charge in [-0.1, -0.05) is 0 Å². The van der Waals surface area contributed by atoms with E-state index in [1.54, 1.807) is 12.1 Å². The van der Waals surface area contributed by atoms with E-state index in [0.717, 1.165) is 25.1 Å². The number of hydrogen-bond donors (Lipinski definition) is 1. The van der Waals surface area contributed by atoms with Crippen LogP contribution in [0.4, 0.5) is 10.1 Å². The number of nitriles is 1. The monoisotopic (exact) mass is 287 g/mol. The van der Waals surface area contributed by atoms with Gasteiger partial charge in [-0.15, -0.1) is 0 Å². The van der Waals surface area contributed by atoms with Crippen LogP contribution in [-0.2, 0) is 0 Å². The molecule has 2 saturated carbocycles. The normalized spacial score (nSPS) is 20.6. The molecule has 3 rings (SSSR count). The van der Waals surface area contributed by atoms with Crippen molar-refractivity contribution >= 4 is 5.69 Å². The Labute approximate surface area is 125 Å². The standard InChI is InChI=1S/C17H22FN3/c1-2-21(16-9-5-14(18)6-10-16)12-17(11-19,13-3-4-13)20-15-7-8-15/h5-6,9-10,13,15,20H,2-4,7-8,12H2,1H3. The van der Waals surface area contributed by atoms with Crippen molar-refractivity contribution in [3.05, 3.63) is 30.1 Å². The quantitative estimate of drug-likeness (QED) is 0.837. The fourth-order valence-corrected chi connectivity index (χ4v) is 2.96. The maximum Gasteiger partial charge on any atom is 0.127 e. The van der Waals surface area contributed by atoms with Gasteiger partial charge in [0.25, 0.3) is 0 Å². The molecule has 112 valence electrons. The smallest absolute Gasteiger partial charge is 0.127 e. The number of halogens is 1. The molecule has 0 heterocycles. The van der Waals surface area contributed by atoms with E-state index in [9.17, 15) is 9.65 Å². The third kappa shape index (κ3) is 3.19. The Kier molecular flexibility index (Phi) is 3.86. The van der Waals surface area contributed by atoms with E-state index >= 15 is 0 Å². The Morgan fingerprint density at radius 2 is 1.95 bits per heavy atom.